The summed E-state index contributed by atoms with van der Waals surface area (Å²) in [6.45, 7) is 0. The molecule has 0 saturated heterocycles. The highest BCUT2D eigenvalue weighted by Crippen LogP contribution is 2.45. The summed E-state index contributed by atoms with van der Waals surface area (Å²) >= 11 is 0. The molecule has 10 aromatic rings. The molecule has 0 unspecified atom stereocenters. The number of benzene rings is 6. The number of hydrogen-bond acceptors (Lipinski definition) is 5. The van der Waals surface area contributed by atoms with Gasteiger partial charge in [-0.2, -0.15) is 0 Å². The molecular weight excluding hydrogens is 615 g/mol. The molecule has 0 fully saturated rings. The van der Waals surface area contributed by atoms with Gasteiger partial charge in [-0.25, -0.2) is 9.97 Å². The minimum Gasteiger partial charge on any atom is -0.456 e. The number of nitrogens with zero attached hydrogens (tertiary/aromatic N) is 3. The molecule has 0 radical (unpaired) electrons. The molecule has 4 aromatic heterocycles. The van der Waals surface area contributed by atoms with Gasteiger partial charge in [0.2, 0.25) is 0 Å². The standard InChI is InChI=1S/C45H27N3O2/c1-2-11-29(12-3-1)45-47-37(31-14-5-4-13-30(31)28-23-25-46-26-24-28)27-38(48-45)34-22-21-33(44-43(34)36-16-7-9-19-40(36)50-44)32-17-10-20-41-42(32)35-15-6-8-18-39(35)49-41/h1-27H. The number of pyridine rings is 1. The smallest absolute Gasteiger partial charge is 0.160 e. The number of fused-ring (bicyclic) bond motifs is 6. The van der Waals surface area contributed by atoms with Gasteiger partial charge in [0.1, 0.15) is 22.3 Å². The van der Waals surface area contributed by atoms with Crippen molar-refractivity contribution < 1.29 is 8.83 Å². The van der Waals surface area contributed by atoms with Crippen LogP contribution in [0.25, 0.3) is 100 Å². The first-order valence-electron chi connectivity index (χ1n) is 16.6. The molecule has 0 aliphatic carbocycles. The Morgan fingerprint density at radius 1 is 0.380 bits per heavy atom. The van der Waals surface area contributed by atoms with E-state index in [1.165, 1.54) is 0 Å². The van der Waals surface area contributed by atoms with Gasteiger partial charge < -0.3 is 8.83 Å². The third-order valence-electron chi connectivity index (χ3n) is 9.45. The predicted molar refractivity (Wildman–Crippen MR) is 202 cm³/mol. The minimum atomic E-state index is 0.655. The van der Waals surface area contributed by atoms with Crippen LogP contribution in [0.4, 0.5) is 0 Å². The quantitative estimate of drug-likeness (QED) is 0.187. The minimum absolute atomic E-state index is 0.655. The molecule has 0 N–H and O–H groups in total. The first-order valence-corrected chi connectivity index (χ1v) is 16.6. The van der Waals surface area contributed by atoms with E-state index in [4.69, 9.17) is 18.8 Å². The summed E-state index contributed by atoms with van der Waals surface area (Å²) in [6.07, 6.45) is 3.64. The third-order valence-corrected chi connectivity index (χ3v) is 9.45. The van der Waals surface area contributed by atoms with Crippen LogP contribution in [0.5, 0.6) is 0 Å². The Morgan fingerprint density at radius 3 is 1.78 bits per heavy atom. The number of para-hydroxylation sites is 2. The first kappa shape index (κ1) is 28.2. The summed E-state index contributed by atoms with van der Waals surface area (Å²) in [4.78, 5) is 14.7. The average molecular weight is 642 g/mol. The molecule has 0 atom stereocenters. The lowest BCUT2D eigenvalue weighted by atomic mass is 9.93. The van der Waals surface area contributed by atoms with E-state index in [1.54, 1.807) is 0 Å². The van der Waals surface area contributed by atoms with Crippen molar-refractivity contribution in [2.75, 3.05) is 0 Å². The van der Waals surface area contributed by atoms with E-state index in [0.29, 0.717) is 5.82 Å². The molecule has 5 nitrogen and oxygen atoms in total. The number of hydrogen-bond donors (Lipinski definition) is 0. The van der Waals surface area contributed by atoms with E-state index in [-0.39, 0.29) is 0 Å². The van der Waals surface area contributed by atoms with E-state index >= 15 is 0 Å². The summed E-state index contributed by atoms with van der Waals surface area (Å²) in [7, 11) is 0. The lowest BCUT2D eigenvalue weighted by Gasteiger charge is -2.14. The van der Waals surface area contributed by atoms with Gasteiger partial charge in [0, 0.05) is 56.2 Å². The average Bonchev–Trinajstić information content (AvgIpc) is 3.77. The highest BCUT2D eigenvalue weighted by molar-refractivity contribution is 6.20. The maximum atomic E-state index is 6.76. The number of aromatic nitrogens is 3. The lowest BCUT2D eigenvalue weighted by Crippen LogP contribution is -1.97. The molecule has 0 amide bonds. The molecule has 6 aromatic carbocycles. The Morgan fingerprint density at radius 2 is 0.980 bits per heavy atom. The molecular formula is C45H27N3O2. The summed E-state index contributed by atoms with van der Waals surface area (Å²) < 4.78 is 13.0. The molecule has 4 heterocycles. The second kappa shape index (κ2) is 11.4. The van der Waals surface area contributed by atoms with Gasteiger partial charge in [-0.1, -0.05) is 109 Å². The van der Waals surface area contributed by atoms with Crippen LogP contribution in [0.2, 0.25) is 0 Å². The summed E-state index contributed by atoms with van der Waals surface area (Å²) in [5.41, 5.74) is 12.1. The zero-order valence-corrected chi connectivity index (χ0v) is 26.7. The summed E-state index contributed by atoms with van der Waals surface area (Å²) in [6, 6.07) is 51.7. The van der Waals surface area contributed by atoms with Crippen LogP contribution >= 0.6 is 0 Å². The Hall–Kier alpha value is -6.85. The van der Waals surface area contributed by atoms with Crippen molar-refractivity contribution >= 4 is 43.9 Å². The van der Waals surface area contributed by atoms with Gasteiger partial charge >= 0.3 is 0 Å². The maximum Gasteiger partial charge on any atom is 0.160 e. The molecule has 10 rings (SSSR count). The van der Waals surface area contributed by atoms with Crippen LogP contribution in [-0.4, -0.2) is 15.0 Å². The molecule has 0 aliphatic heterocycles. The SMILES string of the molecule is c1ccc(-c2nc(-c3ccccc3-c3ccncc3)cc(-c3ccc(-c4cccc5oc6ccccc6c45)c4oc5ccccc5c34)n2)cc1. The van der Waals surface area contributed by atoms with Gasteiger partial charge in [0.15, 0.2) is 5.82 Å². The normalized spacial score (nSPS) is 11.6. The van der Waals surface area contributed by atoms with Crippen LogP contribution in [0, 0.1) is 0 Å². The van der Waals surface area contributed by atoms with Crippen molar-refractivity contribution in [3.05, 3.63) is 164 Å². The summed E-state index contributed by atoms with van der Waals surface area (Å²) in [5.74, 6) is 0.655. The topological polar surface area (TPSA) is 65.0 Å². The fraction of sp³-hybridized carbons (Fsp3) is 0. The Kier molecular flexibility index (Phi) is 6.42. The molecule has 0 bridgehead atoms. The fourth-order valence-electron chi connectivity index (χ4n) is 7.18. The first-order chi connectivity index (χ1) is 24.8. The second-order valence-electron chi connectivity index (χ2n) is 12.3. The van der Waals surface area contributed by atoms with E-state index in [2.05, 4.69) is 89.9 Å². The lowest BCUT2D eigenvalue weighted by molar-refractivity contribution is 0.668. The molecule has 234 valence electrons. The van der Waals surface area contributed by atoms with E-state index in [9.17, 15) is 0 Å². The van der Waals surface area contributed by atoms with Crippen LogP contribution in [-0.2, 0) is 0 Å². The van der Waals surface area contributed by atoms with Gasteiger partial charge in [0.25, 0.3) is 0 Å². The Bertz CT molecular complexity index is 2870. The van der Waals surface area contributed by atoms with Crippen LogP contribution < -0.4 is 0 Å². The van der Waals surface area contributed by atoms with E-state index in [0.717, 1.165) is 94.2 Å². The van der Waals surface area contributed by atoms with Crippen LogP contribution in [0.15, 0.2) is 173 Å². The van der Waals surface area contributed by atoms with Gasteiger partial charge in [-0.05, 0) is 59.2 Å². The van der Waals surface area contributed by atoms with Crippen molar-refractivity contribution in [3.63, 3.8) is 0 Å². The highest BCUT2D eigenvalue weighted by Gasteiger charge is 2.22. The molecule has 0 aliphatic rings. The maximum absolute atomic E-state index is 6.76. The molecule has 5 heteroatoms. The second-order valence-corrected chi connectivity index (χ2v) is 12.3. The van der Waals surface area contributed by atoms with Crippen molar-refractivity contribution in [2.24, 2.45) is 0 Å². The zero-order valence-electron chi connectivity index (χ0n) is 26.7. The van der Waals surface area contributed by atoms with Crippen LogP contribution in [0.1, 0.15) is 0 Å². The molecule has 0 spiro atoms. The Labute approximate surface area is 287 Å². The number of rotatable bonds is 5. The monoisotopic (exact) mass is 641 g/mol. The summed E-state index contributed by atoms with van der Waals surface area (Å²) in [5, 5.41) is 4.18. The zero-order chi connectivity index (χ0) is 33.0. The highest BCUT2D eigenvalue weighted by atomic mass is 16.3. The van der Waals surface area contributed by atoms with Crippen molar-refractivity contribution in [3.8, 4) is 56.2 Å². The van der Waals surface area contributed by atoms with Gasteiger partial charge in [-0.3, -0.25) is 4.98 Å². The van der Waals surface area contributed by atoms with Gasteiger partial charge in [-0.15, -0.1) is 0 Å². The Balaban J connectivity index is 1.26. The van der Waals surface area contributed by atoms with E-state index in [1.807, 2.05) is 79.1 Å². The van der Waals surface area contributed by atoms with Crippen molar-refractivity contribution in [2.45, 2.75) is 0 Å². The predicted octanol–water partition coefficient (Wildman–Crippen LogP) is 12.0. The van der Waals surface area contributed by atoms with Crippen LogP contribution in [0.3, 0.4) is 0 Å². The van der Waals surface area contributed by atoms with Gasteiger partial charge in [0.05, 0.1) is 11.4 Å². The van der Waals surface area contributed by atoms with E-state index < -0.39 is 0 Å². The van der Waals surface area contributed by atoms with Crippen molar-refractivity contribution in [1.29, 1.82) is 0 Å². The van der Waals surface area contributed by atoms with Crippen molar-refractivity contribution in [1.82, 2.24) is 15.0 Å². The largest absolute Gasteiger partial charge is 0.456 e. The molecule has 50 heavy (non-hydrogen) atoms. The molecule has 0 saturated carbocycles. The third kappa shape index (κ3) is 4.52. The number of furan rings is 2. The fourth-order valence-corrected chi connectivity index (χ4v) is 7.18.